The molecule has 0 aliphatic heterocycles. The van der Waals surface area contributed by atoms with Gasteiger partial charge in [0.1, 0.15) is 0 Å². The fourth-order valence-corrected chi connectivity index (χ4v) is 21.2. The lowest BCUT2D eigenvalue weighted by atomic mass is 9.98. The van der Waals surface area contributed by atoms with E-state index in [1.807, 2.05) is 18.2 Å². The van der Waals surface area contributed by atoms with E-state index in [4.69, 9.17) is 29.9 Å². The number of nitrogens with zero attached hydrogens (tertiary/aromatic N) is 10. The van der Waals surface area contributed by atoms with Crippen molar-refractivity contribution in [1.82, 2.24) is 48.2 Å². The molecule has 0 atom stereocenters. The summed E-state index contributed by atoms with van der Waals surface area (Å²) in [6.07, 6.45) is 0. The number of hydrogen-bond donors (Lipinski definition) is 0. The maximum absolute atomic E-state index is 5.44. The molecule has 0 radical (unpaired) electrons. The minimum atomic E-state index is 0.564. The number of para-hydroxylation sites is 5. The summed E-state index contributed by atoms with van der Waals surface area (Å²) in [7, 11) is 0. The summed E-state index contributed by atoms with van der Waals surface area (Å²) in [5.41, 5.74) is 23.8. The van der Waals surface area contributed by atoms with E-state index in [0.717, 1.165) is 138 Å². The molecule has 0 fully saturated rings. The number of aromatic nitrogens is 10. The zero-order chi connectivity index (χ0) is 82.9. The van der Waals surface area contributed by atoms with Crippen LogP contribution in [-0.2, 0) is 0 Å². The zero-order valence-electron chi connectivity index (χ0n) is 67.7. The zero-order valence-corrected chi connectivity index (χ0v) is 69.3. The molecule has 0 saturated carbocycles. The topological polar surface area (TPSA) is 97.1 Å². The quantitative estimate of drug-likeness (QED) is 0.121. The molecule has 8 heterocycles. The predicted molar refractivity (Wildman–Crippen MR) is 526 cm³/mol. The molecule has 0 bridgehead atoms. The lowest BCUT2D eigenvalue weighted by Gasteiger charge is -2.16. The molecule has 0 aliphatic carbocycles. The monoisotopic (exact) mass is 1640 g/mol. The maximum atomic E-state index is 5.44. The standard InChI is InChI=1S/2C57H35N5S/c1-4-16-36(17-5-1)40-32-41(37-18-6-2-7-19-37)34-42(33-40)61-49-25-13-10-22-43(49)47-30-31-48-44-23-11-14-26-50(44)62(54(48)53(47)61)57-59-55(38-20-8-3-9-21-38)58-56(60-57)39-28-29-46-45-24-12-15-27-51(45)63-52(46)35-39;1-3-13-36(14-4-1)37-23-25-38(26-24-37)39-27-29-40(30-28-39)55-58-56(41-31-32-46-45-19-9-12-22-51(45)63-52(46)35-41)60-57(59-55)62-50-21-11-8-18-44(50)48-34-33-47-43-17-7-10-20-49(43)61(53(47)54(48)62)42-15-5-2-6-16-42/h2*1-35H. The van der Waals surface area contributed by atoms with E-state index in [1.54, 1.807) is 22.7 Å². The molecule has 126 heavy (non-hydrogen) atoms. The largest absolute Gasteiger partial charge is 0.307 e. The average molecular weight is 1640 g/mol. The summed E-state index contributed by atoms with van der Waals surface area (Å²) in [6.45, 7) is 0. The first-order valence-electron chi connectivity index (χ1n) is 42.4. The van der Waals surface area contributed by atoms with Gasteiger partial charge in [0.2, 0.25) is 11.9 Å². The van der Waals surface area contributed by atoms with Gasteiger partial charge in [-0.25, -0.2) is 9.97 Å². The van der Waals surface area contributed by atoms with Gasteiger partial charge in [-0.05, 0) is 123 Å². The third-order valence-electron chi connectivity index (χ3n) is 24.8. The summed E-state index contributed by atoms with van der Waals surface area (Å²) >= 11 is 3.60. The molecule has 0 aliphatic rings. The van der Waals surface area contributed by atoms with Gasteiger partial charge in [-0.1, -0.05) is 346 Å². The molecule has 0 unspecified atom stereocenters. The second kappa shape index (κ2) is 29.8. The van der Waals surface area contributed by atoms with Crippen LogP contribution >= 0.6 is 22.7 Å². The molecule has 10 nitrogen and oxygen atoms in total. The van der Waals surface area contributed by atoms with Gasteiger partial charge in [0, 0.05) is 117 Å². The van der Waals surface area contributed by atoms with Crippen molar-refractivity contribution in [2.75, 3.05) is 0 Å². The van der Waals surface area contributed by atoms with E-state index in [1.165, 1.54) is 67.6 Å². The number of rotatable bonds is 12. The molecule has 0 spiro atoms. The predicted octanol–water partition coefficient (Wildman–Crippen LogP) is 30.2. The molecule has 26 aromatic rings. The Morgan fingerprint density at radius 3 is 0.794 bits per heavy atom. The molecule has 588 valence electrons. The molecule has 8 aromatic heterocycles. The summed E-state index contributed by atoms with van der Waals surface area (Å²) in [5.74, 6) is 3.61. The van der Waals surface area contributed by atoms with Gasteiger partial charge in [0.05, 0.1) is 44.1 Å². The second-order valence-corrected chi connectivity index (χ2v) is 34.2. The third kappa shape index (κ3) is 12.1. The third-order valence-corrected chi connectivity index (χ3v) is 27.0. The van der Waals surface area contributed by atoms with E-state index < -0.39 is 0 Å². The first kappa shape index (κ1) is 72.4. The van der Waals surface area contributed by atoms with Crippen molar-refractivity contribution in [2.45, 2.75) is 0 Å². The van der Waals surface area contributed by atoms with Crippen molar-refractivity contribution in [3.05, 3.63) is 425 Å². The molecule has 0 saturated heterocycles. The summed E-state index contributed by atoms with van der Waals surface area (Å²) in [4.78, 5) is 32.1. The number of fused-ring (bicyclic) bond motifs is 20. The SMILES string of the molecule is c1ccc(-c2cc(-c3ccccc3)cc(-n3c4ccccc4c4ccc5c6ccccc6n(-c6nc(-c7ccccc7)nc(-c7ccc8c(c7)sc7ccccc78)n6)c5c43)c2)cc1.c1ccc(-c2ccc(-c3ccc(-c4nc(-c5ccc6c(c5)sc5ccccc56)nc(-n5c6ccccc6c6ccc7c8ccccc8n(-c8ccccc8)c7c65)n4)cc3)cc2)cc1. The number of hydrogen-bond acceptors (Lipinski definition) is 8. The highest BCUT2D eigenvalue weighted by Crippen LogP contribution is 2.47. The minimum Gasteiger partial charge on any atom is -0.307 e. The number of benzene rings is 18. The van der Waals surface area contributed by atoms with Gasteiger partial charge in [-0.15, -0.1) is 22.7 Å². The lowest BCUT2D eigenvalue weighted by molar-refractivity contribution is 0.953. The molecular formula is C114H70N10S2. The van der Waals surface area contributed by atoms with Crippen LogP contribution in [0.25, 0.3) is 241 Å². The molecule has 18 aromatic carbocycles. The first-order chi connectivity index (χ1) is 62.5. The Kier molecular flexibility index (Phi) is 17.1. The summed E-state index contributed by atoms with van der Waals surface area (Å²) < 4.78 is 14.3. The van der Waals surface area contributed by atoms with Crippen molar-refractivity contribution in [3.8, 4) is 113 Å². The van der Waals surface area contributed by atoms with Crippen molar-refractivity contribution in [2.24, 2.45) is 0 Å². The van der Waals surface area contributed by atoms with E-state index in [-0.39, 0.29) is 0 Å². The van der Waals surface area contributed by atoms with Crippen molar-refractivity contribution in [1.29, 1.82) is 0 Å². The lowest BCUT2D eigenvalue weighted by Crippen LogP contribution is -2.07. The van der Waals surface area contributed by atoms with Crippen LogP contribution in [0.1, 0.15) is 0 Å². The van der Waals surface area contributed by atoms with Crippen molar-refractivity contribution >= 4 is 150 Å². The highest BCUT2D eigenvalue weighted by atomic mass is 32.1. The van der Waals surface area contributed by atoms with Crippen LogP contribution in [0.15, 0.2) is 425 Å². The molecular weight excluding hydrogens is 1570 g/mol. The Labute approximate surface area is 731 Å². The van der Waals surface area contributed by atoms with Crippen LogP contribution in [0, 0.1) is 0 Å². The van der Waals surface area contributed by atoms with Crippen LogP contribution < -0.4 is 0 Å². The van der Waals surface area contributed by atoms with Crippen LogP contribution in [0.5, 0.6) is 0 Å². The van der Waals surface area contributed by atoms with Crippen molar-refractivity contribution < 1.29 is 0 Å². The van der Waals surface area contributed by atoms with Crippen LogP contribution in [0.2, 0.25) is 0 Å². The normalized spacial score (nSPS) is 11.8. The maximum Gasteiger partial charge on any atom is 0.238 e. The highest BCUT2D eigenvalue weighted by Gasteiger charge is 2.28. The smallest absolute Gasteiger partial charge is 0.238 e. The van der Waals surface area contributed by atoms with Gasteiger partial charge >= 0.3 is 0 Å². The van der Waals surface area contributed by atoms with E-state index in [9.17, 15) is 0 Å². The molecule has 0 N–H and O–H groups in total. The minimum absolute atomic E-state index is 0.564. The molecule has 12 heteroatoms. The van der Waals surface area contributed by atoms with Crippen LogP contribution in [0.4, 0.5) is 0 Å². The van der Waals surface area contributed by atoms with Crippen LogP contribution in [0.3, 0.4) is 0 Å². The summed E-state index contributed by atoms with van der Waals surface area (Å²) in [5, 5.41) is 14.2. The first-order valence-corrected chi connectivity index (χ1v) is 44.0. The second-order valence-electron chi connectivity index (χ2n) is 32.0. The van der Waals surface area contributed by atoms with E-state index >= 15 is 0 Å². The van der Waals surface area contributed by atoms with Gasteiger partial charge in [-0.3, -0.25) is 9.13 Å². The van der Waals surface area contributed by atoms with Crippen LogP contribution in [-0.4, -0.2) is 48.2 Å². The fraction of sp³-hybridized carbons (Fsp3) is 0. The van der Waals surface area contributed by atoms with Gasteiger partial charge < -0.3 is 9.13 Å². The van der Waals surface area contributed by atoms with E-state index in [2.05, 4.69) is 425 Å². The van der Waals surface area contributed by atoms with Gasteiger partial charge in [-0.2, -0.15) is 19.9 Å². The Balaban J connectivity index is 0.000000137. The van der Waals surface area contributed by atoms with Gasteiger partial charge in [0.15, 0.2) is 23.3 Å². The summed E-state index contributed by atoms with van der Waals surface area (Å²) in [6, 6.07) is 151. The average Bonchev–Trinajstić information content (AvgIpc) is 1.54. The molecule has 0 amide bonds. The Hall–Kier alpha value is -16.4. The Morgan fingerprint density at radius 2 is 0.405 bits per heavy atom. The van der Waals surface area contributed by atoms with Gasteiger partial charge in [0.25, 0.3) is 0 Å². The Morgan fingerprint density at radius 1 is 0.151 bits per heavy atom. The number of thiophene rings is 2. The Bertz CT molecular complexity index is 8760. The van der Waals surface area contributed by atoms with Crippen molar-refractivity contribution in [3.63, 3.8) is 0 Å². The molecule has 26 rings (SSSR count). The fourth-order valence-electron chi connectivity index (χ4n) is 18.9. The van der Waals surface area contributed by atoms with E-state index in [0.29, 0.717) is 35.2 Å². The highest BCUT2D eigenvalue weighted by molar-refractivity contribution is 7.26.